The van der Waals surface area contributed by atoms with Crippen molar-refractivity contribution in [3.8, 4) is 0 Å². The number of allylic oxidation sites excluding steroid dienone is 1. The Hall–Kier alpha value is -1.77. The molecule has 18 heavy (non-hydrogen) atoms. The third-order valence-electron chi connectivity index (χ3n) is 2.62. The monoisotopic (exact) mass is 248 g/mol. The molecule has 0 bridgehead atoms. The first-order chi connectivity index (χ1) is 8.72. The molecular formula is C15H20O3. The average molecular weight is 248 g/mol. The van der Waals surface area contributed by atoms with Crippen molar-refractivity contribution in [3.63, 3.8) is 0 Å². The van der Waals surface area contributed by atoms with Gasteiger partial charge in [-0.15, -0.1) is 0 Å². The number of carbonyl (C=O) groups excluding carboxylic acids is 1. The van der Waals surface area contributed by atoms with E-state index in [2.05, 4.69) is 28.8 Å². The highest BCUT2D eigenvalue weighted by atomic mass is 17.2. The second-order valence-electron chi connectivity index (χ2n) is 4.24. The molecule has 0 aliphatic heterocycles. The second-order valence-corrected chi connectivity index (χ2v) is 4.24. The van der Waals surface area contributed by atoms with E-state index in [1.807, 2.05) is 24.3 Å². The van der Waals surface area contributed by atoms with Crippen LogP contribution in [0.2, 0.25) is 0 Å². The van der Waals surface area contributed by atoms with E-state index in [1.54, 1.807) is 6.92 Å². The van der Waals surface area contributed by atoms with E-state index in [1.165, 1.54) is 11.8 Å². The van der Waals surface area contributed by atoms with Gasteiger partial charge < -0.3 is 0 Å². The normalized spacial score (nSPS) is 12.3. The van der Waals surface area contributed by atoms with Crippen molar-refractivity contribution in [1.29, 1.82) is 0 Å². The smallest absolute Gasteiger partial charge is 0.295 e. The Morgan fingerprint density at radius 1 is 1.33 bits per heavy atom. The lowest BCUT2D eigenvalue weighted by Crippen LogP contribution is -2.00. The summed E-state index contributed by atoms with van der Waals surface area (Å²) in [4.78, 5) is 19.9. The molecule has 0 radical (unpaired) electrons. The van der Waals surface area contributed by atoms with Gasteiger partial charge in [-0.1, -0.05) is 44.2 Å². The van der Waals surface area contributed by atoms with Crippen LogP contribution in [0, 0.1) is 5.92 Å². The van der Waals surface area contributed by atoms with E-state index in [0.29, 0.717) is 12.3 Å². The summed E-state index contributed by atoms with van der Waals surface area (Å²) in [7, 11) is 0. The number of benzene rings is 1. The summed E-state index contributed by atoms with van der Waals surface area (Å²) in [5, 5.41) is 0. The van der Waals surface area contributed by atoms with Gasteiger partial charge in [0, 0.05) is 6.42 Å². The lowest BCUT2D eigenvalue weighted by molar-refractivity contribution is -0.238. The van der Waals surface area contributed by atoms with Crippen LogP contribution in [-0.4, -0.2) is 5.97 Å². The molecule has 0 spiro atoms. The van der Waals surface area contributed by atoms with Crippen molar-refractivity contribution in [2.45, 2.75) is 33.1 Å². The molecule has 1 atom stereocenters. The molecule has 0 aliphatic rings. The van der Waals surface area contributed by atoms with Gasteiger partial charge in [0.1, 0.15) is 6.26 Å². The molecule has 1 unspecified atom stereocenters. The van der Waals surface area contributed by atoms with Gasteiger partial charge in [-0.05, 0) is 30.4 Å². The number of carbonyl (C=O) groups is 1. The largest absolute Gasteiger partial charge is 0.355 e. The number of hydrogen-bond donors (Lipinski definition) is 0. The Morgan fingerprint density at radius 3 is 2.72 bits per heavy atom. The summed E-state index contributed by atoms with van der Waals surface area (Å²) in [5.41, 5.74) is 1.33. The predicted molar refractivity (Wildman–Crippen MR) is 70.5 cm³/mol. The summed E-state index contributed by atoms with van der Waals surface area (Å²) < 4.78 is 0. The maximum Gasteiger partial charge on any atom is 0.355 e. The number of hydrogen-bond acceptors (Lipinski definition) is 3. The van der Waals surface area contributed by atoms with Gasteiger partial charge in [-0.3, -0.25) is 9.78 Å². The van der Waals surface area contributed by atoms with Crippen molar-refractivity contribution in [2.75, 3.05) is 0 Å². The zero-order chi connectivity index (χ0) is 13.2. The quantitative estimate of drug-likeness (QED) is 0.420. The van der Waals surface area contributed by atoms with Gasteiger partial charge in [-0.25, -0.2) is 4.79 Å². The summed E-state index contributed by atoms with van der Waals surface area (Å²) in [6.07, 6.45) is 5.71. The highest BCUT2D eigenvalue weighted by Crippen LogP contribution is 2.10. The zero-order valence-corrected chi connectivity index (χ0v) is 11.0. The summed E-state index contributed by atoms with van der Waals surface area (Å²) >= 11 is 0. The summed E-state index contributed by atoms with van der Waals surface area (Å²) in [5.74, 6) is 0.0159. The van der Waals surface area contributed by atoms with Crippen LogP contribution in [0.1, 0.15) is 32.3 Å². The van der Waals surface area contributed by atoms with Crippen LogP contribution in [0.5, 0.6) is 0 Å². The topological polar surface area (TPSA) is 35.5 Å². The van der Waals surface area contributed by atoms with Gasteiger partial charge >= 0.3 is 5.97 Å². The minimum Gasteiger partial charge on any atom is -0.295 e. The predicted octanol–water partition coefficient (Wildman–Crippen LogP) is 3.65. The highest BCUT2D eigenvalue weighted by molar-refractivity contribution is 5.68. The minimum absolute atomic E-state index is 0.317. The van der Waals surface area contributed by atoms with Gasteiger partial charge in [0.15, 0.2) is 0 Å². The Balaban J connectivity index is 2.19. The molecule has 0 aliphatic carbocycles. The third kappa shape index (κ3) is 6.09. The van der Waals surface area contributed by atoms with Crippen molar-refractivity contribution in [2.24, 2.45) is 5.92 Å². The first-order valence-corrected chi connectivity index (χ1v) is 6.29. The van der Waals surface area contributed by atoms with Gasteiger partial charge in [-0.2, -0.15) is 0 Å². The molecule has 1 rings (SSSR count). The van der Waals surface area contributed by atoms with Crippen molar-refractivity contribution in [1.82, 2.24) is 0 Å². The van der Waals surface area contributed by atoms with E-state index in [-0.39, 0.29) is 5.97 Å². The van der Waals surface area contributed by atoms with Crippen LogP contribution in [0.4, 0.5) is 0 Å². The van der Waals surface area contributed by atoms with Gasteiger partial charge in [0.2, 0.25) is 0 Å². The zero-order valence-electron chi connectivity index (χ0n) is 11.0. The Morgan fingerprint density at radius 2 is 2.06 bits per heavy atom. The molecule has 0 heterocycles. The number of aryl methyl sites for hydroxylation is 1. The molecule has 3 nitrogen and oxygen atoms in total. The minimum atomic E-state index is -0.364. The van der Waals surface area contributed by atoms with E-state index >= 15 is 0 Å². The van der Waals surface area contributed by atoms with Crippen molar-refractivity contribution < 1.29 is 14.6 Å². The van der Waals surface area contributed by atoms with E-state index in [9.17, 15) is 4.79 Å². The average Bonchev–Trinajstić information content (AvgIpc) is 2.42. The van der Waals surface area contributed by atoms with E-state index in [4.69, 9.17) is 0 Å². The molecule has 0 fully saturated rings. The molecule has 3 heteroatoms. The Labute approximate surface area is 108 Å². The van der Waals surface area contributed by atoms with E-state index in [0.717, 1.165) is 12.8 Å². The number of rotatable bonds is 7. The van der Waals surface area contributed by atoms with Gasteiger partial charge in [0.05, 0.1) is 0 Å². The molecule has 0 saturated heterocycles. The van der Waals surface area contributed by atoms with Crippen LogP contribution in [0.3, 0.4) is 0 Å². The van der Waals surface area contributed by atoms with Crippen LogP contribution in [0.25, 0.3) is 0 Å². The molecule has 0 aromatic heterocycles. The van der Waals surface area contributed by atoms with Crippen LogP contribution in [-0.2, 0) is 21.0 Å². The molecule has 0 amide bonds. The van der Waals surface area contributed by atoms with Crippen LogP contribution in [0.15, 0.2) is 42.7 Å². The molecule has 98 valence electrons. The SMILES string of the molecule is CCC(=O)OOC=CC(C)CCc1ccccc1. The molecule has 0 N–H and O–H groups in total. The fourth-order valence-electron chi connectivity index (χ4n) is 1.44. The molecular weight excluding hydrogens is 228 g/mol. The third-order valence-corrected chi connectivity index (χ3v) is 2.62. The fraction of sp³-hybridized carbons (Fsp3) is 0.400. The Bertz CT molecular complexity index is 371. The molecule has 1 aromatic carbocycles. The van der Waals surface area contributed by atoms with E-state index < -0.39 is 0 Å². The Kier molecular flexibility index (Phi) is 6.62. The lowest BCUT2D eigenvalue weighted by atomic mass is 10.0. The van der Waals surface area contributed by atoms with Crippen molar-refractivity contribution in [3.05, 3.63) is 48.2 Å². The first-order valence-electron chi connectivity index (χ1n) is 6.29. The van der Waals surface area contributed by atoms with Gasteiger partial charge in [0.25, 0.3) is 0 Å². The first kappa shape index (κ1) is 14.3. The second kappa shape index (κ2) is 8.34. The van der Waals surface area contributed by atoms with Crippen LogP contribution < -0.4 is 0 Å². The molecule has 0 saturated carbocycles. The lowest BCUT2D eigenvalue weighted by Gasteiger charge is -2.05. The van der Waals surface area contributed by atoms with Crippen LogP contribution >= 0.6 is 0 Å². The van der Waals surface area contributed by atoms with Crippen molar-refractivity contribution >= 4 is 5.97 Å². The summed E-state index contributed by atoms with van der Waals surface area (Å²) in [6.45, 7) is 3.82. The fourth-order valence-corrected chi connectivity index (χ4v) is 1.44. The highest BCUT2D eigenvalue weighted by Gasteiger charge is 2.00. The maximum absolute atomic E-state index is 10.8. The maximum atomic E-state index is 10.8. The summed E-state index contributed by atoms with van der Waals surface area (Å²) in [6, 6.07) is 10.3. The molecule has 1 aromatic rings. The standard InChI is InChI=1S/C15H20O3/c1-3-15(16)18-17-12-11-13(2)9-10-14-7-5-4-6-8-14/h4-8,11-13H,3,9-10H2,1-2H3.